The Morgan fingerprint density at radius 3 is 1.64 bits per heavy atom. The van der Waals surface area contributed by atoms with Crippen molar-refractivity contribution in [1.29, 1.82) is 0 Å². The Kier molecular flexibility index (Phi) is 7.53. The van der Waals surface area contributed by atoms with Crippen molar-refractivity contribution < 1.29 is 28.6 Å². The molecule has 1 aliphatic carbocycles. The van der Waals surface area contributed by atoms with E-state index in [-0.39, 0.29) is 30.9 Å². The molecule has 0 spiro atoms. The highest BCUT2D eigenvalue weighted by molar-refractivity contribution is 6.12. The maximum absolute atomic E-state index is 11.9. The van der Waals surface area contributed by atoms with Crippen LogP contribution < -0.4 is 0 Å². The molecule has 28 heavy (non-hydrogen) atoms. The molecule has 0 saturated heterocycles. The van der Waals surface area contributed by atoms with E-state index in [1.165, 1.54) is 24.1 Å². The molecule has 0 unspecified atom stereocenters. The Bertz CT molecular complexity index is 673. The number of amides is 3. The molecule has 1 saturated carbocycles. The summed E-state index contributed by atoms with van der Waals surface area (Å²) in [6, 6.07) is 0. The van der Waals surface area contributed by atoms with Crippen molar-refractivity contribution in [2.24, 2.45) is 0 Å². The molecule has 152 valence electrons. The number of hydrogen-bond donors (Lipinski definition) is 0. The predicted molar refractivity (Wildman–Crippen MR) is 100 cm³/mol. The van der Waals surface area contributed by atoms with E-state index in [9.17, 15) is 14.4 Å². The number of imide groups is 1. The lowest BCUT2D eigenvalue weighted by Crippen LogP contribution is -2.33. The average Bonchev–Trinajstić information content (AvgIpc) is 3.15. The number of carbonyl (C=O) groups is 3. The molecule has 2 heterocycles. The van der Waals surface area contributed by atoms with Crippen molar-refractivity contribution in [2.75, 3.05) is 52.7 Å². The van der Waals surface area contributed by atoms with Gasteiger partial charge in [0.2, 0.25) is 0 Å². The van der Waals surface area contributed by atoms with Crippen molar-refractivity contribution >= 4 is 17.7 Å². The fourth-order valence-electron chi connectivity index (χ4n) is 3.10. The van der Waals surface area contributed by atoms with Crippen LogP contribution in [0.4, 0.5) is 0 Å². The van der Waals surface area contributed by atoms with Crippen LogP contribution >= 0.6 is 0 Å². The molecule has 3 rings (SSSR count). The fourth-order valence-corrected chi connectivity index (χ4v) is 3.10. The average molecular weight is 390 g/mol. The third-order valence-electron chi connectivity index (χ3n) is 4.82. The first-order chi connectivity index (χ1) is 13.7. The summed E-state index contributed by atoms with van der Waals surface area (Å²) < 4.78 is 16.3. The van der Waals surface area contributed by atoms with E-state index in [2.05, 4.69) is 0 Å². The Labute approximate surface area is 164 Å². The third-order valence-corrected chi connectivity index (χ3v) is 4.82. The minimum Gasteiger partial charge on any atom is -0.377 e. The lowest BCUT2D eigenvalue weighted by atomic mass is 9.90. The van der Waals surface area contributed by atoms with Gasteiger partial charge in [0.1, 0.15) is 0 Å². The van der Waals surface area contributed by atoms with E-state index in [1.54, 1.807) is 11.0 Å². The first kappa shape index (κ1) is 20.4. The zero-order valence-corrected chi connectivity index (χ0v) is 15.9. The molecular formula is C20H26N2O6. The zero-order chi connectivity index (χ0) is 19.8. The predicted octanol–water partition coefficient (Wildman–Crippen LogP) is 0.798. The van der Waals surface area contributed by atoms with E-state index in [4.69, 9.17) is 14.2 Å². The van der Waals surface area contributed by atoms with Crippen LogP contribution in [0.3, 0.4) is 0 Å². The number of carbonyl (C=O) groups excluding carboxylic acids is 3. The molecule has 3 aliphatic rings. The van der Waals surface area contributed by atoms with E-state index >= 15 is 0 Å². The van der Waals surface area contributed by atoms with Crippen LogP contribution in [0.2, 0.25) is 0 Å². The van der Waals surface area contributed by atoms with Gasteiger partial charge in [0.25, 0.3) is 17.7 Å². The molecule has 2 aliphatic heterocycles. The topological polar surface area (TPSA) is 85.4 Å². The zero-order valence-electron chi connectivity index (χ0n) is 15.9. The fraction of sp³-hybridized carbons (Fsp3) is 0.550. The van der Waals surface area contributed by atoms with Gasteiger partial charge in [0, 0.05) is 30.5 Å². The molecule has 1 fully saturated rings. The molecule has 0 aromatic carbocycles. The molecular weight excluding hydrogens is 364 g/mol. The highest BCUT2D eigenvalue weighted by Crippen LogP contribution is 2.32. The Balaban J connectivity index is 1.15. The summed E-state index contributed by atoms with van der Waals surface area (Å²) in [5.41, 5.74) is 2.42. The third kappa shape index (κ3) is 5.37. The minimum atomic E-state index is -0.301. The molecule has 3 amide bonds. The van der Waals surface area contributed by atoms with Gasteiger partial charge in [-0.05, 0) is 30.9 Å². The van der Waals surface area contributed by atoms with E-state index < -0.39 is 0 Å². The number of allylic oxidation sites excluding steroid dienone is 2. The van der Waals surface area contributed by atoms with Crippen LogP contribution in [0, 0.1) is 0 Å². The van der Waals surface area contributed by atoms with Gasteiger partial charge in [-0.1, -0.05) is 0 Å². The molecule has 8 heteroatoms. The summed E-state index contributed by atoms with van der Waals surface area (Å²) in [4.78, 5) is 37.5. The van der Waals surface area contributed by atoms with E-state index in [0.29, 0.717) is 39.6 Å². The smallest absolute Gasteiger partial charge is 0.253 e. The lowest BCUT2D eigenvalue weighted by molar-refractivity contribution is -0.137. The summed E-state index contributed by atoms with van der Waals surface area (Å²) in [5, 5.41) is 0. The van der Waals surface area contributed by atoms with Crippen LogP contribution in [0.5, 0.6) is 0 Å². The van der Waals surface area contributed by atoms with Crippen LogP contribution in [0.25, 0.3) is 0 Å². The molecule has 8 nitrogen and oxygen atoms in total. The molecule has 0 bridgehead atoms. The Morgan fingerprint density at radius 1 is 0.643 bits per heavy atom. The number of rotatable bonds is 12. The van der Waals surface area contributed by atoms with Crippen molar-refractivity contribution in [3.63, 3.8) is 0 Å². The molecule has 0 N–H and O–H groups in total. The Hall–Kier alpha value is -2.29. The van der Waals surface area contributed by atoms with E-state index in [0.717, 1.165) is 23.4 Å². The monoisotopic (exact) mass is 390 g/mol. The summed E-state index contributed by atoms with van der Waals surface area (Å²) >= 11 is 0. The summed E-state index contributed by atoms with van der Waals surface area (Å²) in [7, 11) is 0. The standard InChI is InChI=1S/C20H26N2O6/c23-18-5-4-17(16-2-1-3-16)21(18)8-10-26-12-14-28-15-13-27-11-9-22-19(24)6-7-20(22)25/h4-7H,1-3,8-15H2. The van der Waals surface area contributed by atoms with Gasteiger partial charge < -0.3 is 19.1 Å². The van der Waals surface area contributed by atoms with Crippen LogP contribution in [0.15, 0.2) is 35.6 Å². The van der Waals surface area contributed by atoms with Gasteiger partial charge in [-0.25, -0.2) is 0 Å². The highest BCUT2D eigenvalue weighted by atomic mass is 16.5. The summed E-state index contributed by atoms with van der Waals surface area (Å²) in [5.74, 6) is -0.576. The summed E-state index contributed by atoms with van der Waals surface area (Å²) in [6.07, 6.45) is 9.42. The van der Waals surface area contributed by atoms with Crippen molar-refractivity contribution in [3.05, 3.63) is 35.6 Å². The second-order valence-electron chi connectivity index (χ2n) is 6.66. The van der Waals surface area contributed by atoms with Gasteiger partial charge in [0.15, 0.2) is 0 Å². The molecule has 0 aromatic heterocycles. The second kappa shape index (κ2) is 10.3. The molecule has 0 atom stereocenters. The first-order valence-corrected chi connectivity index (χ1v) is 9.65. The SMILES string of the molecule is O=C1C=CC(=O)N1CCOCCOCCOCCN1C(=O)C=CC1=C1CCC1. The quantitative estimate of drug-likeness (QED) is 0.362. The maximum Gasteiger partial charge on any atom is 0.253 e. The van der Waals surface area contributed by atoms with Gasteiger partial charge in [-0.2, -0.15) is 0 Å². The van der Waals surface area contributed by atoms with Crippen LogP contribution in [0.1, 0.15) is 19.3 Å². The molecule has 0 aromatic rings. The van der Waals surface area contributed by atoms with Gasteiger partial charge >= 0.3 is 0 Å². The normalized spacial score (nSPS) is 18.8. The van der Waals surface area contributed by atoms with Gasteiger partial charge in [-0.3, -0.25) is 19.3 Å². The maximum atomic E-state index is 11.9. The largest absolute Gasteiger partial charge is 0.377 e. The molecule has 0 radical (unpaired) electrons. The van der Waals surface area contributed by atoms with E-state index in [1.807, 2.05) is 6.08 Å². The number of ether oxygens (including phenoxy) is 3. The van der Waals surface area contributed by atoms with Gasteiger partial charge in [0.05, 0.1) is 46.2 Å². The number of nitrogens with zero attached hydrogens (tertiary/aromatic N) is 2. The van der Waals surface area contributed by atoms with Crippen molar-refractivity contribution in [1.82, 2.24) is 9.80 Å². The lowest BCUT2D eigenvalue weighted by Gasteiger charge is -2.25. The highest BCUT2D eigenvalue weighted by Gasteiger charge is 2.25. The van der Waals surface area contributed by atoms with Gasteiger partial charge in [-0.15, -0.1) is 0 Å². The number of hydrogen-bond acceptors (Lipinski definition) is 6. The minimum absolute atomic E-state index is 0.0273. The van der Waals surface area contributed by atoms with Crippen LogP contribution in [-0.4, -0.2) is 80.3 Å². The Morgan fingerprint density at radius 2 is 1.11 bits per heavy atom. The summed E-state index contributed by atoms with van der Waals surface area (Å²) in [6.45, 7) is 3.24. The van der Waals surface area contributed by atoms with Crippen molar-refractivity contribution in [3.8, 4) is 0 Å². The first-order valence-electron chi connectivity index (χ1n) is 9.65. The second-order valence-corrected chi connectivity index (χ2v) is 6.66. The van der Waals surface area contributed by atoms with Crippen LogP contribution in [-0.2, 0) is 28.6 Å². The van der Waals surface area contributed by atoms with Crippen molar-refractivity contribution in [2.45, 2.75) is 19.3 Å².